The number of hydrogen-bond acceptors (Lipinski definition) is 2. The summed E-state index contributed by atoms with van der Waals surface area (Å²) in [7, 11) is 0. The highest BCUT2D eigenvalue weighted by atomic mass is 16.4. The molecule has 1 heterocycles. The number of quaternary nitrogens is 1. The quantitative estimate of drug-likeness (QED) is 0.550. The molecule has 3 nitrogen and oxygen atoms in total. The van der Waals surface area contributed by atoms with E-state index in [-0.39, 0.29) is 11.7 Å². The Hall–Kier alpha value is -2.91. The number of aryl methyl sites for hydroxylation is 2. The van der Waals surface area contributed by atoms with Gasteiger partial charge in [-0.2, -0.15) is 0 Å². The molecule has 0 saturated carbocycles. The van der Waals surface area contributed by atoms with Crippen molar-refractivity contribution in [3.05, 3.63) is 93.3 Å². The van der Waals surface area contributed by atoms with Crippen LogP contribution in [0.15, 0.2) is 69.9 Å². The molecule has 0 bridgehead atoms. The molecule has 3 aromatic carbocycles. The predicted octanol–water partition coefficient (Wildman–Crippen LogP) is 4.39. The van der Waals surface area contributed by atoms with E-state index in [0.29, 0.717) is 5.58 Å². The van der Waals surface area contributed by atoms with Crippen LogP contribution in [-0.4, -0.2) is 0 Å². The van der Waals surface area contributed by atoms with Gasteiger partial charge in [-0.1, -0.05) is 42.5 Å². The van der Waals surface area contributed by atoms with Crippen molar-refractivity contribution in [3.8, 4) is 0 Å². The standard InChI is InChI=1S/C24H23NO2/c1-15-11-22-19(13-24(26)27-23(22)12-16(15)2)14-25-17(3)20-10-6-8-18-7-4-5-9-21(18)20/h4-13,17,25H,14H2,1-3H3/p+1/t17-/m0/s1. The Morgan fingerprint density at radius 3 is 2.52 bits per heavy atom. The van der Waals surface area contributed by atoms with Crippen LogP contribution in [0.2, 0.25) is 0 Å². The van der Waals surface area contributed by atoms with Crippen molar-refractivity contribution in [2.24, 2.45) is 0 Å². The van der Waals surface area contributed by atoms with Crippen LogP contribution in [-0.2, 0) is 6.54 Å². The van der Waals surface area contributed by atoms with Crippen molar-refractivity contribution in [1.82, 2.24) is 0 Å². The molecule has 4 rings (SSSR count). The summed E-state index contributed by atoms with van der Waals surface area (Å²) in [6.07, 6.45) is 0. The van der Waals surface area contributed by atoms with E-state index in [0.717, 1.165) is 23.1 Å². The van der Waals surface area contributed by atoms with Crippen molar-refractivity contribution in [2.45, 2.75) is 33.4 Å². The first-order valence-corrected chi connectivity index (χ1v) is 9.38. The summed E-state index contributed by atoms with van der Waals surface area (Å²) in [6.45, 7) is 7.07. The van der Waals surface area contributed by atoms with Crippen LogP contribution < -0.4 is 10.9 Å². The molecule has 3 heteroatoms. The van der Waals surface area contributed by atoms with E-state index in [1.165, 1.54) is 21.9 Å². The Kier molecular flexibility index (Phi) is 4.54. The highest BCUT2D eigenvalue weighted by Crippen LogP contribution is 2.23. The Morgan fingerprint density at radius 2 is 1.67 bits per heavy atom. The van der Waals surface area contributed by atoms with Crippen LogP contribution in [0, 0.1) is 13.8 Å². The third-order valence-corrected chi connectivity index (χ3v) is 5.45. The summed E-state index contributed by atoms with van der Waals surface area (Å²) in [5.74, 6) is 0. The van der Waals surface area contributed by atoms with E-state index in [2.05, 4.69) is 67.7 Å². The van der Waals surface area contributed by atoms with Gasteiger partial charge >= 0.3 is 5.63 Å². The number of rotatable bonds is 4. The lowest BCUT2D eigenvalue weighted by Crippen LogP contribution is -2.83. The fourth-order valence-corrected chi connectivity index (χ4v) is 3.73. The molecule has 1 aromatic heterocycles. The third-order valence-electron chi connectivity index (χ3n) is 5.45. The largest absolute Gasteiger partial charge is 0.423 e. The summed E-state index contributed by atoms with van der Waals surface area (Å²) in [5, 5.41) is 5.85. The van der Waals surface area contributed by atoms with E-state index >= 15 is 0 Å². The molecule has 0 radical (unpaired) electrons. The van der Waals surface area contributed by atoms with E-state index < -0.39 is 0 Å². The Bertz CT molecular complexity index is 1180. The van der Waals surface area contributed by atoms with Gasteiger partial charge in [0.15, 0.2) is 0 Å². The summed E-state index contributed by atoms with van der Waals surface area (Å²) in [5.41, 5.74) is 5.07. The molecule has 0 aliphatic carbocycles. The van der Waals surface area contributed by atoms with Gasteiger partial charge in [0, 0.05) is 22.6 Å². The number of hydrogen-bond donors (Lipinski definition) is 1. The summed E-state index contributed by atoms with van der Waals surface area (Å²) >= 11 is 0. The minimum Gasteiger partial charge on any atom is -0.423 e. The lowest BCUT2D eigenvalue weighted by molar-refractivity contribution is -0.707. The molecular formula is C24H24NO2+. The summed E-state index contributed by atoms with van der Waals surface area (Å²) in [6, 6.07) is 20.9. The first-order valence-electron chi connectivity index (χ1n) is 9.38. The van der Waals surface area contributed by atoms with Gasteiger partial charge in [-0.25, -0.2) is 4.79 Å². The molecule has 4 aromatic rings. The van der Waals surface area contributed by atoms with Crippen LogP contribution in [0.1, 0.15) is 35.2 Å². The number of benzene rings is 3. The van der Waals surface area contributed by atoms with Gasteiger partial charge in [0.05, 0.1) is 0 Å². The Labute approximate surface area is 158 Å². The maximum absolute atomic E-state index is 12.0. The lowest BCUT2D eigenvalue weighted by Gasteiger charge is -2.14. The average molecular weight is 358 g/mol. The first-order chi connectivity index (χ1) is 13.0. The molecule has 27 heavy (non-hydrogen) atoms. The fourth-order valence-electron chi connectivity index (χ4n) is 3.73. The van der Waals surface area contributed by atoms with Gasteiger partial charge in [-0.05, 0) is 54.8 Å². The van der Waals surface area contributed by atoms with Gasteiger partial charge < -0.3 is 9.73 Å². The molecule has 1 atom stereocenters. The summed E-state index contributed by atoms with van der Waals surface area (Å²) < 4.78 is 5.42. The summed E-state index contributed by atoms with van der Waals surface area (Å²) in [4.78, 5) is 12.0. The molecule has 0 amide bonds. The second kappa shape index (κ2) is 7.01. The van der Waals surface area contributed by atoms with E-state index in [4.69, 9.17) is 4.42 Å². The van der Waals surface area contributed by atoms with Crippen LogP contribution in [0.3, 0.4) is 0 Å². The third kappa shape index (κ3) is 3.38. The highest BCUT2D eigenvalue weighted by Gasteiger charge is 2.14. The molecule has 0 saturated heterocycles. The normalized spacial score (nSPS) is 12.6. The maximum atomic E-state index is 12.0. The van der Waals surface area contributed by atoms with Gasteiger partial charge in [0.1, 0.15) is 18.2 Å². The molecular weight excluding hydrogens is 334 g/mol. The monoisotopic (exact) mass is 358 g/mol. The molecule has 136 valence electrons. The molecule has 0 spiro atoms. The zero-order valence-electron chi connectivity index (χ0n) is 16.0. The molecule has 0 fully saturated rings. The smallest absolute Gasteiger partial charge is 0.336 e. The Balaban J connectivity index is 1.67. The number of fused-ring (bicyclic) bond motifs is 2. The SMILES string of the molecule is Cc1cc2oc(=O)cc(C[NH2+][C@@H](C)c3cccc4ccccc34)c2cc1C. The zero-order valence-corrected chi connectivity index (χ0v) is 16.0. The first kappa shape index (κ1) is 17.5. The molecule has 0 aliphatic rings. The van der Waals surface area contributed by atoms with Gasteiger partial charge in [0.2, 0.25) is 0 Å². The zero-order chi connectivity index (χ0) is 19.0. The second-order valence-corrected chi connectivity index (χ2v) is 7.32. The molecule has 0 unspecified atom stereocenters. The van der Waals surface area contributed by atoms with E-state index in [9.17, 15) is 4.79 Å². The number of nitrogens with two attached hydrogens (primary N) is 1. The minimum atomic E-state index is -0.285. The molecule has 2 N–H and O–H groups in total. The van der Waals surface area contributed by atoms with E-state index in [1.807, 2.05) is 13.0 Å². The van der Waals surface area contributed by atoms with Crippen molar-refractivity contribution in [3.63, 3.8) is 0 Å². The van der Waals surface area contributed by atoms with Gasteiger partial charge in [0.25, 0.3) is 0 Å². The Morgan fingerprint density at radius 1 is 0.926 bits per heavy atom. The van der Waals surface area contributed by atoms with Crippen LogP contribution in [0.25, 0.3) is 21.7 Å². The topological polar surface area (TPSA) is 46.8 Å². The predicted molar refractivity (Wildman–Crippen MR) is 110 cm³/mol. The molecule has 0 aliphatic heterocycles. The minimum absolute atomic E-state index is 0.282. The van der Waals surface area contributed by atoms with Gasteiger partial charge in [-0.15, -0.1) is 0 Å². The maximum Gasteiger partial charge on any atom is 0.336 e. The van der Waals surface area contributed by atoms with Crippen molar-refractivity contribution in [2.75, 3.05) is 0 Å². The van der Waals surface area contributed by atoms with Crippen molar-refractivity contribution < 1.29 is 9.73 Å². The van der Waals surface area contributed by atoms with Crippen LogP contribution >= 0.6 is 0 Å². The fraction of sp³-hybridized carbons (Fsp3) is 0.208. The second-order valence-electron chi connectivity index (χ2n) is 7.32. The van der Waals surface area contributed by atoms with Crippen LogP contribution in [0.4, 0.5) is 0 Å². The van der Waals surface area contributed by atoms with Crippen LogP contribution in [0.5, 0.6) is 0 Å². The van der Waals surface area contributed by atoms with E-state index in [1.54, 1.807) is 6.07 Å². The average Bonchev–Trinajstić information content (AvgIpc) is 2.66. The lowest BCUT2D eigenvalue weighted by atomic mass is 9.99. The van der Waals surface area contributed by atoms with Gasteiger partial charge in [-0.3, -0.25) is 0 Å². The van der Waals surface area contributed by atoms with Crippen molar-refractivity contribution >= 4 is 21.7 Å². The van der Waals surface area contributed by atoms with Crippen molar-refractivity contribution in [1.29, 1.82) is 0 Å². The highest BCUT2D eigenvalue weighted by molar-refractivity contribution is 5.86.